The number of hydrogen-bond acceptors (Lipinski definition) is 7. The molecule has 43 heavy (non-hydrogen) atoms. The number of aliphatic imine (C=N–C) groups is 1. The highest BCUT2D eigenvalue weighted by molar-refractivity contribution is 6.01. The van der Waals surface area contributed by atoms with Gasteiger partial charge in [0, 0.05) is 31.6 Å². The van der Waals surface area contributed by atoms with Gasteiger partial charge in [-0.05, 0) is 65.2 Å². The first kappa shape index (κ1) is 29.8. The van der Waals surface area contributed by atoms with E-state index in [1.807, 2.05) is 66.7 Å². The quantitative estimate of drug-likeness (QED) is 0.153. The minimum Gasteiger partial charge on any atom is -0.497 e. The predicted molar refractivity (Wildman–Crippen MR) is 161 cm³/mol. The molecule has 0 fully saturated rings. The molecule has 4 aromatic rings. The summed E-state index contributed by atoms with van der Waals surface area (Å²) < 4.78 is 31.4. The van der Waals surface area contributed by atoms with Crippen LogP contribution in [0.25, 0.3) is 0 Å². The molecule has 1 amide bonds. The number of methoxy groups -OCH3 is 1. The number of aliphatic hydroxyl groups is 1. The van der Waals surface area contributed by atoms with Gasteiger partial charge in [0.1, 0.15) is 17.3 Å². The first-order chi connectivity index (χ1) is 21.0. The van der Waals surface area contributed by atoms with E-state index in [-0.39, 0.29) is 25.4 Å². The molecule has 9 heteroatoms. The van der Waals surface area contributed by atoms with Crippen LogP contribution in [-0.2, 0) is 22.5 Å². The Balaban J connectivity index is 1.51. The SMILES string of the molecule is COc1cccc([C@@H]2OC(c3ccc(OCCCO)cc3)=N[C@]2(Cc2ccccc2)C(=O)NNCc2cccc(F)c2)c1. The standard InChI is InChI=1S/C34H34FN3O5/c1-41-30-13-6-11-27(21-30)31-34(22-24-8-3-2-4-9-24,33(40)38-36-23-25-10-5-12-28(35)20-25)37-32(43-31)26-14-16-29(17-15-26)42-19-7-18-39/h2-6,8-17,20-21,31,36,39H,7,18-19,22-23H2,1H3,(H,38,40)/t31-,34-/m0/s1. The van der Waals surface area contributed by atoms with Crippen molar-refractivity contribution in [3.05, 3.63) is 131 Å². The van der Waals surface area contributed by atoms with Crippen molar-refractivity contribution in [1.29, 1.82) is 0 Å². The van der Waals surface area contributed by atoms with Gasteiger partial charge in [-0.15, -0.1) is 0 Å². The third kappa shape index (κ3) is 7.20. The number of rotatable bonds is 13. The fourth-order valence-electron chi connectivity index (χ4n) is 4.98. The van der Waals surface area contributed by atoms with E-state index in [1.165, 1.54) is 12.1 Å². The maximum Gasteiger partial charge on any atom is 0.266 e. The first-order valence-corrected chi connectivity index (χ1v) is 14.1. The monoisotopic (exact) mass is 583 g/mol. The highest BCUT2D eigenvalue weighted by Crippen LogP contribution is 2.43. The normalized spacial score (nSPS) is 17.6. The van der Waals surface area contributed by atoms with Gasteiger partial charge in [0.25, 0.3) is 5.91 Å². The van der Waals surface area contributed by atoms with Crippen molar-refractivity contribution >= 4 is 11.8 Å². The average Bonchev–Trinajstić information content (AvgIpc) is 3.42. The maximum absolute atomic E-state index is 14.2. The number of ether oxygens (including phenoxy) is 3. The van der Waals surface area contributed by atoms with Gasteiger partial charge >= 0.3 is 0 Å². The molecule has 0 spiro atoms. The van der Waals surface area contributed by atoms with Gasteiger partial charge in [-0.2, -0.15) is 0 Å². The average molecular weight is 584 g/mol. The molecule has 222 valence electrons. The maximum atomic E-state index is 14.2. The van der Waals surface area contributed by atoms with Crippen molar-refractivity contribution in [2.24, 2.45) is 4.99 Å². The number of benzene rings is 4. The van der Waals surface area contributed by atoms with Crippen LogP contribution in [0.2, 0.25) is 0 Å². The van der Waals surface area contributed by atoms with Crippen LogP contribution < -0.4 is 20.3 Å². The van der Waals surface area contributed by atoms with Gasteiger partial charge in [-0.3, -0.25) is 10.2 Å². The minimum atomic E-state index is -1.41. The predicted octanol–water partition coefficient (Wildman–Crippen LogP) is 4.92. The van der Waals surface area contributed by atoms with E-state index in [0.29, 0.717) is 41.6 Å². The summed E-state index contributed by atoms with van der Waals surface area (Å²) in [5, 5.41) is 9.03. The molecule has 1 aliphatic heterocycles. The van der Waals surface area contributed by atoms with E-state index in [4.69, 9.17) is 24.3 Å². The summed E-state index contributed by atoms with van der Waals surface area (Å²) in [5.74, 6) is 0.824. The molecule has 5 rings (SSSR count). The molecular weight excluding hydrogens is 549 g/mol. The lowest BCUT2D eigenvalue weighted by atomic mass is 9.82. The Morgan fingerprint density at radius 3 is 2.47 bits per heavy atom. The van der Waals surface area contributed by atoms with E-state index < -0.39 is 17.6 Å². The summed E-state index contributed by atoms with van der Waals surface area (Å²) in [4.78, 5) is 19.2. The second-order valence-corrected chi connectivity index (χ2v) is 10.2. The van der Waals surface area contributed by atoms with Crippen LogP contribution in [0.1, 0.15) is 34.8 Å². The van der Waals surface area contributed by atoms with Crippen LogP contribution in [0, 0.1) is 5.82 Å². The number of amides is 1. The number of nitrogens with zero attached hydrogens (tertiary/aromatic N) is 1. The van der Waals surface area contributed by atoms with Crippen molar-refractivity contribution in [3.63, 3.8) is 0 Å². The molecule has 0 radical (unpaired) electrons. The zero-order valence-corrected chi connectivity index (χ0v) is 23.8. The molecule has 1 aliphatic rings. The molecule has 0 saturated heterocycles. The lowest BCUT2D eigenvalue weighted by molar-refractivity contribution is -0.130. The van der Waals surface area contributed by atoms with Crippen molar-refractivity contribution in [2.75, 3.05) is 20.3 Å². The molecule has 0 aromatic heterocycles. The number of carbonyl (C=O) groups is 1. The fourth-order valence-corrected chi connectivity index (χ4v) is 4.98. The molecule has 8 nitrogen and oxygen atoms in total. The number of nitrogens with one attached hydrogen (secondary N) is 2. The Labute approximate surface area is 250 Å². The van der Waals surface area contributed by atoms with E-state index in [0.717, 1.165) is 11.1 Å². The molecule has 0 saturated carbocycles. The molecule has 0 unspecified atom stereocenters. The largest absolute Gasteiger partial charge is 0.497 e. The van der Waals surface area contributed by atoms with Crippen LogP contribution in [0.15, 0.2) is 108 Å². The third-order valence-corrected chi connectivity index (χ3v) is 7.13. The summed E-state index contributed by atoms with van der Waals surface area (Å²) in [6, 6.07) is 30.5. The van der Waals surface area contributed by atoms with Crippen molar-refractivity contribution < 1.29 is 28.5 Å². The second-order valence-electron chi connectivity index (χ2n) is 10.2. The second kappa shape index (κ2) is 14.0. The van der Waals surface area contributed by atoms with Gasteiger partial charge in [0.15, 0.2) is 11.6 Å². The molecule has 2 atom stereocenters. The zero-order valence-electron chi connectivity index (χ0n) is 23.8. The van der Waals surface area contributed by atoms with E-state index >= 15 is 0 Å². The van der Waals surface area contributed by atoms with E-state index in [9.17, 15) is 9.18 Å². The smallest absolute Gasteiger partial charge is 0.266 e. The van der Waals surface area contributed by atoms with Crippen molar-refractivity contribution in [3.8, 4) is 11.5 Å². The minimum absolute atomic E-state index is 0.0526. The van der Waals surface area contributed by atoms with Crippen LogP contribution >= 0.6 is 0 Å². The van der Waals surface area contributed by atoms with Crippen LogP contribution in [-0.4, -0.2) is 42.8 Å². The van der Waals surface area contributed by atoms with E-state index in [2.05, 4.69) is 10.9 Å². The van der Waals surface area contributed by atoms with Gasteiger partial charge in [0.2, 0.25) is 5.90 Å². The third-order valence-electron chi connectivity index (χ3n) is 7.13. The van der Waals surface area contributed by atoms with Gasteiger partial charge in [0.05, 0.1) is 13.7 Å². The molecule has 3 N–H and O–H groups in total. The van der Waals surface area contributed by atoms with Gasteiger partial charge in [-0.1, -0.05) is 54.6 Å². The number of halogens is 1. The van der Waals surface area contributed by atoms with Gasteiger partial charge in [-0.25, -0.2) is 14.8 Å². The van der Waals surface area contributed by atoms with Crippen LogP contribution in [0.3, 0.4) is 0 Å². The number of hydrogen-bond donors (Lipinski definition) is 3. The van der Waals surface area contributed by atoms with Crippen molar-refractivity contribution in [2.45, 2.75) is 31.0 Å². The molecule has 4 aromatic carbocycles. The van der Waals surface area contributed by atoms with E-state index in [1.54, 1.807) is 31.4 Å². The van der Waals surface area contributed by atoms with Gasteiger partial charge < -0.3 is 19.3 Å². The molecule has 0 aliphatic carbocycles. The lowest BCUT2D eigenvalue weighted by Gasteiger charge is -2.31. The van der Waals surface area contributed by atoms with Crippen molar-refractivity contribution in [1.82, 2.24) is 10.9 Å². The molecule has 1 heterocycles. The summed E-state index contributed by atoms with van der Waals surface area (Å²) in [6.07, 6.45) is -0.0200. The number of aliphatic hydroxyl groups excluding tert-OH is 1. The number of carbonyl (C=O) groups excluding carboxylic acids is 1. The Bertz CT molecular complexity index is 1550. The van der Waals surface area contributed by atoms with Crippen LogP contribution in [0.5, 0.6) is 11.5 Å². The highest BCUT2D eigenvalue weighted by Gasteiger charge is 2.53. The molecular formula is C34H34FN3O5. The summed E-state index contributed by atoms with van der Waals surface area (Å²) in [7, 11) is 1.58. The summed E-state index contributed by atoms with van der Waals surface area (Å²) >= 11 is 0. The molecule has 0 bridgehead atoms. The Morgan fingerprint density at radius 2 is 1.72 bits per heavy atom. The first-order valence-electron chi connectivity index (χ1n) is 14.1. The zero-order chi connectivity index (χ0) is 30.1. The summed E-state index contributed by atoms with van der Waals surface area (Å²) in [6.45, 7) is 0.662. The van der Waals surface area contributed by atoms with Crippen LogP contribution in [0.4, 0.5) is 4.39 Å². The Hall–Kier alpha value is -4.73. The topological polar surface area (TPSA) is 101 Å². The fraction of sp³-hybridized carbons (Fsp3) is 0.235. The lowest BCUT2D eigenvalue weighted by Crippen LogP contribution is -2.53. The Kier molecular flexibility index (Phi) is 9.66. The highest BCUT2D eigenvalue weighted by atomic mass is 19.1. The number of hydrazine groups is 1. The Morgan fingerprint density at radius 1 is 0.953 bits per heavy atom. The summed E-state index contributed by atoms with van der Waals surface area (Å²) in [5.41, 5.74) is 7.34.